The number of hydrogen-bond acceptors (Lipinski definition) is 2. The van der Waals surface area contributed by atoms with E-state index in [1.807, 2.05) is 0 Å². The highest BCUT2D eigenvalue weighted by molar-refractivity contribution is 14.1. The second kappa shape index (κ2) is 2.36. The van der Waals surface area contributed by atoms with Crippen LogP contribution in [0.15, 0.2) is 0 Å². The van der Waals surface area contributed by atoms with Crippen LogP contribution in [0.5, 0.6) is 0 Å². The summed E-state index contributed by atoms with van der Waals surface area (Å²) >= 11 is 2.42. The van der Waals surface area contributed by atoms with E-state index in [4.69, 9.17) is 0 Å². The van der Waals surface area contributed by atoms with Crippen LogP contribution in [0.4, 0.5) is 0 Å². The summed E-state index contributed by atoms with van der Waals surface area (Å²) in [6.45, 7) is 2.49. The molecule has 2 fully saturated rings. The van der Waals surface area contributed by atoms with E-state index in [-0.39, 0.29) is 0 Å². The van der Waals surface area contributed by atoms with E-state index in [1.54, 1.807) is 0 Å². The molecule has 2 aliphatic rings. The Bertz CT molecular complexity index is 106. The van der Waals surface area contributed by atoms with Crippen molar-refractivity contribution in [3.05, 3.63) is 0 Å². The first-order valence-electron chi connectivity index (χ1n) is 3.51. The lowest BCUT2D eigenvalue weighted by molar-refractivity contribution is 0.339. The van der Waals surface area contributed by atoms with E-state index >= 15 is 0 Å². The maximum atomic E-state index is 3.57. The highest BCUT2D eigenvalue weighted by atomic mass is 127. The van der Waals surface area contributed by atoms with Gasteiger partial charge in [-0.05, 0) is 12.8 Å². The summed E-state index contributed by atoms with van der Waals surface area (Å²) in [5.74, 6) is 0. The zero-order chi connectivity index (χ0) is 6.27. The molecule has 2 aliphatic heterocycles. The molecule has 2 saturated heterocycles. The smallest absolute Gasteiger partial charge is 0.0236 e. The van der Waals surface area contributed by atoms with E-state index in [0.717, 1.165) is 12.1 Å². The normalized spacial score (nSPS) is 43.7. The second-order valence-corrected chi connectivity index (χ2v) is 4.33. The molecule has 0 amide bonds. The van der Waals surface area contributed by atoms with Crippen molar-refractivity contribution < 1.29 is 0 Å². The molecule has 0 aromatic heterocycles. The number of halogens is 1. The third kappa shape index (κ3) is 1.23. The average Bonchev–Trinajstić information content (AvgIpc) is 2.11. The third-order valence-corrected chi connectivity index (χ3v) is 2.96. The van der Waals surface area contributed by atoms with Gasteiger partial charge in [0.15, 0.2) is 0 Å². The minimum Gasteiger partial charge on any atom is -0.309 e. The summed E-state index contributed by atoms with van der Waals surface area (Å²) in [7, 11) is 0. The van der Waals surface area contributed by atoms with Crippen molar-refractivity contribution in [3.8, 4) is 0 Å². The fourth-order valence-electron chi connectivity index (χ4n) is 1.74. The summed E-state index contributed by atoms with van der Waals surface area (Å²) < 4.78 is 2.40. The summed E-state index contributed by atoms with van der Waals surface area (Å²) in [4.78, 5) is 0. The highest BCUT2D eigenvalue weighted by Crippen LogP contribution is 2.21. The molecule has 9 heavy (non-hydrogen) atoms. The Morgan fingerprint density at radius 2 is 1.78 bits per heavy atom. The Morgan fingerprint density at radius 3 is 2.33 bits per heavy atom. The van der Waals surface area contributed by atoms with Gasteiger partial charge in [-0.15, -0.1) is 0 Å². The Balaban J connectivity index is 2.03. The van der Waals surface area contributed by atoms with Gasteiger partial charge in [0.1, 0.15) is 0 Å². The molecule has 3 heteroatoms. The summed E-state index contributed by atoms with van der Waals surface area (Å²) in [6.07, 6.45) is 2.79. The lowest BCUT2D eigenvalue weighted by Crippen LogP contribution is -2.47. The van der Waals surface area contributed by atoms with Gasteiger partial charge in [-0.25, -0.2) is 3.11 Å². The molecule has 0 spiro atoms. The van der Waals surface area contributed by atoms with Gasteiger partial charge in [0.2, 0.25) is 0 Å². The molecule has 2 nitrogen and oxygen atoms in total. The summed E-state index contributed by atoms with van der Waals surface area (Å²) in [5.41, 5.74) is 0. The van der Waals surface area contributed by atoms with Crippen molar-refractivity contribution in [2.24, 2.45) is 0 Å². The SMILES string of the molecule is IN1CC2CCC(C1)N2. The van der Waals surface area contributed by atoms with Crippen LogP contribution in [0.2, 0.25) is 0 Å². The fraction of sp³-hybridized carbons (Fsp3) is 1.00. The molecule has 0 aromatic carbocycles. The molecular formula is C6H11IN2. The van der Waals surface area contributed by atoms with Gasteiger partial charge in [0, 0.05) is 48.0 Å². The standard InChI is InChI=1S/C6H11IN2/c7-9-3-5-1-2-6(4-9)8-5/h5-6,8H,1-4H2. The molecule has 2 atom stereocenters. The topological polar surface area (TPSA) is 15.3 Å². The minimum atomic E-state index is 0.806. The van der Waals surface area contributed by atoms with Gasteiger partial charge < -0.3 is 5.32 Å². The lowest BCUT2D eigenvalue weighted by Gasteiger charge is -2.27. The maximum absolute atomic E-state index is 3.57. The summed E-state index contributed by atoms with van der Waals surface area (Å²) in [6, 6.07) is 1.61. The Labute approximate surface area is 69.5 Å². The Morgan fingerprint density at radius 1 is 1.22 bits per heavy atom. The van der Waals surface area contributed by atoms with Crippen molar-refractivity contribution in [2.45, 2.75) is 24.9 Å². The number of fused-ring (bicyclic) bond motifs is 2. The van der Waals surface area contributed by atoms with E-state index in [9.17, 15) is 0 Å². The van der Waals surface area contributed by atoms with Gasteiger partial charge >= 0.3 is 0 Å². The molecule has 0 aromatic rings. The van der Waals surface area contributed by atoms with E-state index in [1.165, 1.54) is 25.9 Å². The fourth-order valence-corrected chi connectivity index (χ4v) is 2.69. The predicted octanol–water partition coefficient (Wildman–Crippen LogP) is 0.773. The van der Waals surface area contributed by atoms with Crippen molar-refractivity contribution in [2.75, 3.05) is 13.1 Å². The number of hydrogen-bond donors (Lipinski definition) is 1. The predicted molar refractivity (Wildman–Crippen MR) is 45.5 cm³/mol. The first kappa shape index (κ1) is 6.37. The van der Waals surface area contributed by atoms with Crippen LogP contribution in [0.3, 0.4) is 0 Å². The van der Waals surface area contributed by atoms with Crippen LogP contribution in [0.25, 0.3) is 0 Å². The maximum Gasteiger partial charge on any atom is 0.0236 e. The van der Waals surface area contributed by atoms with Gasteiger partial charge in [0.05, 0.1) is 0 Å². The van der Waals surface area contributed by atoms with Crippen LogP contribution in [0.1, 0.15) is 12.8 Å². The lowest BCUT2D eigenvalue weighted by atomic mass is 10.2. The average molecular weight is 238 g/mol. The van der Waals surface area contributed by atoms with Crippen LogP contribution in [-0.4, -0.2) is 28.3 Å². The first-order valence-corrected chi connectivity index (χ1v) is 4.48. The molecule has 2 unspecified atom stereocenters. The molecule has 2 bridgehead atoms. The molecular weight excluding hydrogens is 227 g/mol. The van der Waals surface area contributed by atoms with Crippen LogP contribution in [-0.2, 0) is 0 Å². The largest absolute Gasteiger partial charge is 0.309 e. The number of nitrogens with one attached hydrogen (secondary N) is 1. The van der Waals surface area contributed by atoms with Crippen LogP contribution in [0, 0.1) is 0 Å². The summed E-state index contributed by atoms with van der Waals surface area (Å²) in [5, 5.41) is 3.57. The Kier molecular flexibility index (Phi) is 1.67. The van der Waals surface area contributed by atoms with E-state index in [0.29, 0.717) is 0 Å². The molecule has 1 N–H and O–H groups in total. The minimum absolute atomic E-state index is 0.806. The molecule has 2 rings (SSSR count). The zero-order valence-electron chi connectivity index (χ0n) is 5.31. The number of nitrogens with zero attached hydrogens (tertiary/aromatic N) is 1. The van der Waals surface area contributed by atoms with E-state index in [2.05, 4.69) is 31.3 Å². The zero-order valence-corrected chi connectivity index (χ0v) is 7.47. The van der Waals surface area contributed by atoms with Crippen LogP contribution < -0.4 is 5.32 Å². The van der Waals surface area contributed by atoms with E-state index < -0.39 is 0 Å². The number of rotatable bonds is 0. The van der Waals surface area contributed by atoms with Gasteiger partial charge in [-0.1, -0.05) is 0 Å². The molecule has 0 aliphatic carbocycles. The molecule has 0 saturated carbocycles. The molecule has 0 radical (unpaired) electrons. The number of piperazine rings is 1. The van der Waals surface area contributed by atoms with Gasteiger partial charge in [-0.2, -0.15) is 0 Å². The Hall–Kier alpha value is 0.650. The van der Waals surface area contributed by atoms with Gasteiger partial charge in [0.25, 0.3) is 0 Å². The molecule has 2 heterocycles. The molecule has 52 valence electrons. The highest BCUT2D eigenvalue weighted by Gasteiger charge is 2.30. The van der Waals surface area contributed by atoms with Crippen molar-refractivity contribution >= 4 is 22.9 Å². The second-order valence-electron chi connectivity index (χ2n) is 2.97. The quantitative estimate of drug-likeness (QED) is 0.495. The van der Waals surface area contributed by atoms with Crippen molar-refractivity contribution in [1.29, 1.82) is 0 Å². The van der Waals surface area contributed by atoms with Crippen LogP contribution >= 0.6 is 22.9 Å². The van der Waals surface area contributed by atoms with Crippen molar-refractivity contribution in [1.82, 2.24) is 8.43 Å². The van der Waals surface area contributed by atoms with Crippen molar-refractivity contribution in [3.63, 3.8) is 0 Å². The van der Waals surface area contributed by atoms with Gasteiger partial charge in [-0.3, -0.25) is 0 Å². The first-order chi connectivity index (χ1) is 4.34. The monoisotopic (exact) mass is 238 g/mol. The third-order valence-electron chi connectivity index (χ3n) is 2.17.